The van der Waals surface area contributed by atoms with Gasteiger partial charge in [0.25, 0.3) is 0 Å². The van der Waals surface area contributed by atoms with Gasteiger partial charge in [-0.1, -0.05) is 49.9 Å². The molecule has 412 valence electrons. The number of hydrogen-bond acceptors (Lipinski definition) is 16. The standard InChI is InChI=1S/C49H77N11O14/c1-56(2)48-54-39(13-8-6-4-5-7-9-14-41(61)50-21-11-10-12-37(46(70)71)51-49(74)52-38(47(72)73)19-20-42(62)63)53-40(55-48)29-35-17-15-34(16-18-35)28-36-30-57(3)22-23-58(31-43(64)65)24-25-59(32-44(66)67)26-27-60(36)33-45(68)69/h15-18,36-38H,4-14,19-33H2,1-3H3,(H,50,61)(H,62,63)(H,64,65)(H,66,67)(H,68,69)(H,70,71)(H,72,73)(H2,51,52,74)/t36?,37-,38-/m0/s1. The Balaban J connectivity index is 1.45. The van der Waals surface area contributed by atoms with Crippen LogP contribution in [0.15, 0.2) is 24.3 Å². The van der Waals surface area contributed by atoms with Crippen LogP contribution in [0.3, 0.4) is 0 Å². The van der Waals surface area contributed by atoms with Gasteiger partial charge in [-0.25, -0.2) is 19.4 Å². The minimum absolute atomic E-state index is 0.0379. The van der Waals surface area contributed by atoms with E-state index >= 15 is 0 Å². The molecule has 0 aliphatic carbocycles. The number of hydrogen-bond donors (Lipinski definition) is 9. The second kappa shape index (κ2) is 33.3. The zero-order valence-corrected chi connectivity index (χ0v) is 43.0. The molecule has 0 saturated carbocycles. The molecule has 2 aromatic rings. The van der Waals surface area contributed by atoms with Crippen LogP contribution in [0.25, 0.3) is 0 Å². The maximum Gasteiger partial charge on any atom is 0.326 e. The Morgan fingerprint density at radius 3 is 1.73 bits per heavy atom. The van der Waals surface area contributed by atoms with Crippen LogP contribution in [-0.4, -0.2) is 224 Å². The van der Waals surface area contributed by atoms with Gasteiger partial charge in [0.1, 0.15) is 23.7 Å². The summed E-state index contributed by atoms with van der Waals surface area (Å²) >= 11 is 0. The largest absolute Gasteiger partial charge is 0.481 e. The van der Waals surface area contributed by atoms with Crippen molar-refractivity contribution in [2.75, 3.05) is 98.0 Å². The molecular formula is C49H77N11O14. The third-order valence-electron chi connectivity index (χ3n) is 12.5. The van der Waals surface area contributed by atoms with Gasteiger partial charge in [-0.3, -0.25) is 38.7 Å². The van der Waals surface area contributed by atoms with Crippen molar-refractivity contribution in [1.29, 1.82) is 0 Å². The lowest BCUT2D eigenvalue weighted by Crippen LogP contribution is -2.52. The highest BCUT2D eigenvalue weighted by Gasteiger charge is 2.27. The first kappa shape index (κ1) is 61.7. The summed E-state index contributed by atoms with van der Waals surface area (Å²) in [6.45, 7) is 2.51. The summed E-state index contributed by atoms with van der Waals surface area (Å²) in [5, 5.41) is 63.6. The van der Waals surface area contributed by atoms with Crippen LogP contribution in [0, 0.1) is 0 Å². The van der Waals surface area contributed by atoms with E-state index < -0.39 is 60.4 Å². The summed E-state index contributed by atoms with van der Waals surface area (Å²) in [5.74, 6) is -5.18. The number of carboxylic acid groups (broad SMARTS) is 6. The van der Waals surface area contributed by atoms with Crippen LogP contribution in [0.5, 0.6) is 0 Å². The van der Waals surface area contributed by atoms with Crippen LogP contribution >= 0.6 is 0 Å². The molecule has 1 saturated heterocycles. The molecule has 2 heterocycles. The summed E-state index contributed by atoms with van der Waals surface area (Å²) in [4.78, 5) is 117. The molecule has 3 rings (SSSR count). The van der Waals surface area contributed by atoms with Crippen molar-refractivity contribution in [1.82, 2.24) is 50.5 Å². The highest BCUT2D eigenvalue weighted by molar-refractivity contribution is 5.86. The number of unbranched alkanes of at least 4 members (excludes halogenated alkanes) is 6. The van der Waals surface area contributed by atoms with Gasteiger partial charge in [-0.05, 0) is 63.1 Å². The monoisotopic (exact) mass is 1040 g/mol. The highest BCUT2D eigenvalue weighted by atomic mass is 16.4. The molecular weight excluding hydrogens is 967 g/mol. The van der Waals surface area contributed by atoms with Gasteiger partial charge in [0.05, 0.1) is 19.6 Å². The van der Waals surface area contributed by atoms with Gasteiger partial charge < -0.3 is 56.4 Å². The number of urea groups is 1. The minimum atomic E-state index is -1.49. The van der Waals surface area contributed by atoms with Crippen molar-refractivity contribution >= 4 is 53.7 Å². The fourth-order valence-corrected chi connectivity index (χ4v) is 8.41. The number of carbonyl (C=O) groups is 8. The quantitative estimate of drug-likeness (QED) is 0.0465. The van der Waals surface area contributed by atoms with Crippen LogP contribution in [-0.2, 0) is 52.8 Å². The second-order valence-electron chi connectivity index (χ2n) is 19.0. The maximum absolute atomic E-state index is 12.4. The molecule has 1 unspecified atom stereocenters. The first-order valence-electron chi connectivity index (χ1n) is 25.2. The predicted octanol–water partition coefficient (Wildman–Crippen LogP) is 1.17. The Labute approximate surface area is 431 Å². The summed E-state index contributed by atoms with van der Waals surface area (Å²) in [6, 6.07) is 4.00. The summed E-state index contributed by atoms with van der Waals surface area (Å²) in [7, 11) is 5.68. The van der Waals surface area contributed by atoms with Gasteiger partial charge in [-0.15, -0.1) is 0 Å². The molecule has 1 aliphatic rings. The molecule has 9 N–H and O–H groups in total. The first-order chi connectivity index (χ1) is 35.2. The molecule has 1 aromatic heterocycles. The van der Waals surface area contributed by atoms with Gasteiger partial charge in [0.15, 0.2) is 0 Å². The number of rotatable bonds is 32. The SMILES string of the molecule is CN1CCN(CC(=O)O)CCN(CC(=O)O)CCN(CC(=O)O)C(Cc2ccc(Cc3nc(CCCCCCCCC(=O)NCCCC[C@H](NC(=O)N[C@@H](CCC(=O)O)C(=O)O)C(=O)O)nc(N(C)C)n3)cc2)C1. The smallest absolute Gasteiger partial charge is 0.326 e. The van der Waals surface area contributed by atoms with E-state index in [9.17, 15) is 63.9 Å². The molecule has 25 nitrogen and oxygen atoms in total. The number of aryl methyl sites for hydroxylation is 1. The Morgan fingerprint density at radius 1 is 0.608 bits per heavy atom. The van der Waals surface area contributed by atoms with Gasteiger partial charge in [-0.2, -0.15) is 9.97 Å². The lowest BCUT2D eigenvalue weighted by Gasteiger charge is -2.37. The van der Waals surface area contributed by atoms with E-state index in [0.717, 1.165) is 43.2 Å². The van der Waals surface area contributed by atoms with E-state index in [1.807, 2.05) is 55.2 Å². The Bertz CT molecular complexity index is 2130. The molecule has 74 heavy (non-hydrogen) atoms. The maximum atomic E-state index is 12.4. The van der Waals surface area contributed by atoms with Crippen LogP contribution in [0.4, 0.5) is 10.7 Å². The van der Waals surface area contributed by atoms with E-state index in [-0.39, 0.29) is 44.4 Å². The van der Waals surface area contributed by atoms with Crippen LogP contribution in [0.1, 0.15) is 99.8 Å². The van der Waals surface area contributed by atoms with E-state index in [0.29, 0.717) is 115 Å². The number of nitrogens with zero attached hydrogens (tertiary/aromatic N) is 8. The Morgan fingerprint density at radius 2 is 1.15 bits per heavy atom. The van der Waals surface area contributed by atoms with Gasteiger partial charge in [0.2, 0.25) is 11.9 Å². The zero-order chi connectivity index (χ0) is 54.6. The molecule has 3 atom stereocenters. The molecule has 0 radical (unpaired) electrons. The van der Waals surface area contributed by atoms with Crippen LogP contribution in [0.2, 0.25) is 0 Å². The zero-order valence-electron chi connectivity index (χ0n) is 43.0. The molecule has 25 heteroatoms. The summed E-state index contributed by atoms with van der Waals surface area (Å²) in [5.41, 5.74) is 1.98. The van der Waals surface area contributed by atoms with E-state index in [1.165, 1.54) is 0 Å². The second-order valence-corrected chi connectivity index (χ2v) is 19.0. The van der Waals surface area contributed by atoms with Crippen molar-refractivity contribution in [3.63, 3.8) is 0 Å². The van der Waals surface area contributed by atoms with Crippen LogP contribution < -0.4 is 20.9 Å². The number of aliphatic carboxylic acids is 6. The topological polar surface area (TPSA) is 349 Å². The van der Waals surface area contributed by atoms with Crippen molar-refractivity contribution in [2.24, 2.45) is 0 Å². The Kier molecular flexibility index (Phi) is 27.8. The first-order valence-corrected chi connectivity index (χ1v) is 25.2. The lowest BCUT2D eigenvalue weighted by atomic mass is 10.0. The lowest BCUT2D eigenvalue weighted by molar-refractivity contribution is -0.141. The number of amides is 3. The fraction of sp³-hybridized carbons (Fsp3) is 0.653. The minimum Gasteiger partial charge on any atom is -0.481 e. The average molecular weight is 1040 g/mol. The number of aromatic nitrogens is 3. The molecule has 3 amide bonds. The van der Waals surface area contributed by atoms with E-state index in [2.05, 4.69) is 25.8 Å². The summed E-state index contributed by atoms with van der Waals surface area (Å²) < 4.78 is 0. The van der Waals surface area contributed by atoms with Crippen molar-refractivity contribution < 1.29 is 69.0 Å². The van der Waals surface area contributed by atoms with E-state index in [4.69, 9.17) is 15.1 Å². The molecule has 1 aromatic carbocycles. The molecule has 1 fully saturated rings. The van der Waals surface area contributed by atoms with Crippen molar-refractivity contribution in [3.8, 4) is 0 Å². The van der Waals surface area contributed by atoms with Gasteiger partial charge in [0, 0.05) is 98.2 Å². The third kappa shape index (κ3) is 25.9. The average Bonchev–Trinajstić information content (AvgIpc) is 3.31. The predicted molar refractivity (Wildman–Crippen MR) is 270 cm³/mol. The van der Waals surface area contributed by atoms with Gasteiger partial charge >= 0.3 is 41.8 Å². The number of anilines is 1. The van der Waals surface area contributed by atoms with E-state index in [1.54, 1.807) is 9.80 Å². The number of benzene rings is 1. The Hall–Kier alpha value is -6.57. The fourth-order valence-electron chi connectivity index (χ4n) is 8.41. The third-order valence-corrected chi connectivity index (χ3v) is 12.5. The van der Waals surface area contributed by atoms with Crippen molar-refractivity contribution in [2.45, 2.75) is 114 Å². The molecule has 0 spiro atoms. The number of nitrogens with one attached hydrogen (secondary N) is 3. The number of carboxylic acids is 6. The highest BCUT2D eigenvalue weighted by Crippen LogP contribution is 2.17. The number of carbonyl (C=O) groups excluding carboxylic acids is 2. The van der Waals surface area contributed by atoms with Crippen molar-refractivity contribution in [3.05, 3.63) is 47.0 Å². The number of likely N-dealkylation sites (N-methyl/N-ethyl adjacent to an activating group) is 1. The normalized spacial score (nSPS) is 16.2. The molecule has 0 bridgehead atoms. The summed E-state index contributed by atoms with van der Waals surface area (Å²) in [6.07, 6.45) is 7.36. The molecule has 1 aliphatic heterocycles.